The number of rotatable bonds is 4. The molecular formula is C23H22N4O3. The summed E-state index contributed by atoms with van der Waals surface area (Å²) < 4.78 is 7.65. The number of para-hydroxylation sites is 1. The maximum absolute atomic E-state index is 10.6. The highest BCUT2D eigenvalue weighted by molar-refractivity contribution is 6.02. The molecule has 1 unspecified atom stereocenters. The molecule has 4 atom stereocenters. The van der Waals surface area contributed by atoms with Gasteiger partial charge in [0.25, 0.3) is 0 Å². The number of aromatic nitrogens is 3. The number of ether oxygens (including phenoxy) is 1. The zero-order valence-electron chi connectivity index (χ0n) is 16.4. The molecule has 7 heteroatoms. The third-order valence-electron chi connectivity index (χ3n) is 5.48. The summed E-state index contributed by atoms with van der Waals surface area (Å²) in [6.45, 7) is 1.75. The Morgan fingerprint density at radius 1 is 0.933 bits per heavy atom. The monoisotopic (exact) mass is 402 g/mol. The van der Waals surface area contributed by atoms with Crippen LogP contribution in [0.4, 0.5) is 11.5 Å². The highest BCUT2D eigenvalue weighted by Gasteiger charge is 2.42. The second kappa shape index (κ2) is 7.53. The molecular weight excluding hydrogens is 380 g/mol. The van der Waals surface area contributed by atoms with Crippen LogP contribution in [0.5, 0.6) is 0 Å². The van der Waals surface area contributed by atoms with Gasteiger partial charge >= 0.3 is 0 Å². The number of anilines is 2. The third-order valence-corrected chi connectivity index (χ3v) is 5.48. The first kappa shape index (κ1) is 18.7. The Labute approximate surface area is 173 Å². The predicted molar refractivity (Wildman–Crippen MR) is 114 cm³/mol. The van der Waals surface area contributed by atoms with E-state index in [-0.39, 0.29) is 0 Å². The first-order valence-corrected chi connectivity index (χ1v) is 9.88. The van der Waals surface area contributed by atoms with Crippen LogP contribution in [-0.2, 0) is 4.74 Å². The average molecular weight is 402 g/mol. The lowest BCUT2D eigenvalue weighted by atomic mass is 10.1. The maximum Gasteiger partial charge on any atom is 0.164 e. The van der Waals surface area contributed by atoms with Crippen LogP contribution in [0.2, 0.25) is 0 Å². The Morgan fingerprint density at radius 3 is 2.30 bits per heavy atom. The molecule has 7 nitrogen and oxygen atoms in total. The molecule has 3 N–H and O–H groups in total. The van der Waals surface area contributed by atoms with E-state index >= 15 is 0 Å². The van der Waals surface area contributed by atoms with Gasteiger partial charge in [0.2, 0.25) is 0 Å². The van der Waals surface area contributed by atoms with Crippen molar-refractivity contribution in [2.75, 3.05) is 5.32 Å². The molecule has 1 aliphatic heterocycles. The molecule has 2 aromatic heterocycles. The Bertz CT molecular complexity index is 1160. The molecule has 152 valence electrons. The van der Waals surface area contributed by atoms with E-state index in [9.17, 15) is 10.2 Å². The molecule has 4 aromatic rings. The smallest absolute Gasteiger partial charge is 0.164 e. The Morgan fingerprint density at radius 2 is 1.63 bits per heavy atom. The quantitative estimate of drug-likeness (QED) is 0.484. The second-order valence-electron chi connectivity index (χ2n) is 7.44. The fourth-order valence-electron chi connectivity index (χ4n) is 3.93. The van der Waals surface area contributed by atoms with Gasteiger partial charge in [-0.2, -0.15) is 0 Å². The highest BCUT2D eigenvalue weighted by Crippen LogP contribution is 2.39. The summed E-state index contributed by atoms with van der Waals surface area (Å²) >= 11 is 0. The van der Waals surface area contributed by atoms with Crippen LogP contribution in [-0.4, -0.2) is 43.1 Å². The number of hydrogen-bond acceptors (Lipinski definition) is 6. The van der Waals surface area contributed by atoms with Crippen molar-refractivity contribution in [3.8, 4) is 11.1 Å². The molecule has 0 aliphatic carbocycles. The van der Waals surface area contributed by atoms with Crippen molar-refractivity contribution in [2.24, 2.45) is 0 Å². The van der Waals surface area contributed by atoms with E-state index in [0.29, 0.717) is 11.5 Å². The highest BCUT2D eigenvalue weighted by atomic mass is 16.6. The lowest BCUT2D eigenvalue weighted by Crippen LogP contribution is -2.30. The van der Waals surface area contributed by atoms with E-state index in [4.69, 9.17) is 4.74 Å². The summed E-state index contributed by atoms with van der Waals surface area (Å²) in [5.74, 6) is 0.657. The number of nitrogens with zero attached hydrogens (tertiary/aromatic N) is 3. The van der Waals surface area contributed by atoms with Gasteiger partial charge in [-0.3, -0.25) is 0 Å². The van der Waals surface area contributed by atoms with Gasteiger partial charge in [-0.25, -0.2) is 9.97 Å². The molecule has 0 spiro atoms. The zero-order valence-corrected chi connectivity index (χ0v) is 16.4. The van der Waals surface area contributed by atoms with E-state index in [1.165, 1.54) is 6.33 Å². The van der Waals surface area contributed by atoms with E-state index < -0.39 is 24.5 Å². The Balaban J connectivity index is 1.70. The molecule has 1 saturated heterocycles. The van der Waals surface area contributed by atoms with Crippen LogP contribution in [0.3, 0.4) is 0 Å². The molecule has 5 rings (SSSR count). The second-order valence-corrected chi connectivity index (χ2v) is 7.44. The summed E-state index contributed by atoms with van der Waals surface area (Å²) in [6, 6.07) is 19.7. The van der Waals surface area contributed by atoms with E-state index in [2.05, 4.69) is 15.3 Å². The minimum atomic E-state index is -1.06. The van der Waals surface area contributed by atoms with Crippen molar-refractivity contribution < 1.29 is 14.9 Å². The normalized spacial score (nSPS) is 23.7. The topological polar surface area (TPSA) is 92.4 Å². The third kappa shape index (κ3) is 3.13. The lowest BCUT2D eigenvalue weighted by Gasteiger charge is -2.17. The molecule has 0 radical (unpaired) electrons. The van der Waals surface area contributed by atoms with Crippen molar-refractivity contribution >= 4 is 22.5 Å². The van der Waals surface area contributed by atoms with Crippen LogP contribution in [0.1, 0.15) is 13.2 Å². The molecule has 0 amide bonds. The van der Waals surface area contributed by atoms with E-state index in [1.807, 2.05) is 66.9 Å². The van der Waals surface area contributed by atoms with Gasteiger partial charge in [-0.15, -0.1) is 0 Å². The Kier molecular flexibility index (Phi) is 4.71. The maximum atomic E-state index is 10.6. The van der Waals surface area contributed by atoms with Crippen LogP contribution in [0.15, 0.2) is 73.2 Å². The number of aliphatic hydroxyl groups is 2. The van der Waals surface area contributed by atoms with Crippen LogP contribution < -0.4 is 5.32 Å². The number of benzene rings is 2. The summed E-state index contributed by atoms with van der Waals surface area (Å²) in [7, 11) is 0. The van der Waals surface area contributed by atoms with E-state index in [1.54, 1.807) is 11.5 Å². The lowest BCUT2D eigenvalue weighted by molar-refractivity contribution is -0.0295. The molecule has 1 aliphatic rings. The first-order valence-electron chi connectivity index (χ1n) is 9.88. The fourth-order valence-corrected chi connectivity index (χ4v) is 3.93. The fraction of sp³-hybridized carbons (Fsp3) is 0.217. The number of hydrogen-bond donors (Lipinski definition) is 3. The summed E-state index contributed by atoms with van der Waals surface area (Å²) in [5.41, 5.74) is 3.43. The van der Waals surface area contributed by atoms with Gasteiger partial charge in [-0.05, 0) is 24.6 Å². The standard InChI is InChI=1S/C23H22N4O3/c1-14-19(28)20(29)23(30-14)27-12-17(15-8-4-2-5-9-15)18-21(24-13-25-22(18)27)26-16-10-6-3-7-11-16/h2-14,19-20,23,28-29H,1H3,(H,24,25,26)/t14-,19-,20-,23?/m1/s1. The molecule has 3 heterocycles. The van der Waals surface area contributed by atoms with Gasteiger partial charge in [0.1, 0.15) is 30.0 Å². The zero-order chi connectivity index (χ0) is 20.7. The van der Waals surface area contributed by atoms with Gasteiger partial charge in [-0.1, -0.05) is 48.5 Å². The SMILES string of the molecule is C[C@H]1OC(n2cc(-c3ccccc3)c3c(Nc4ccccc4)ncnc32)[C@H](O)[C@@H]1O. The number of aliphatic hydroxyl groups excluding tert-OH is 2. The van der Waals surface area contributed by atoms with Crippen LogP contribution >= 0.6 is 0 Å². The van der Waals surface area contributed by atoms with E-state index in [0.717, 1.165) is 22.2 Å². The molecule has 1 fully saturated rings. The molecule has 2 aromatic carbocycles. The van der Waals surface area contributed by atoms with Crippen molar-refractivity contribution in [1.29, 1.82) is 0 Å². The number of fused-ring (bicyclic) bond motifs is 1. The van der Waals surface area contributed by atoms with Gasteiger partial charge < -0.3 is 24.8 Å². The van der Waals surface area contributed by atoms with Crippen LogP contribution in [0.25, 0.3) is 22.2 Å². The summed E-state index contributed by atoms with van der Waals surface area (Å²) in [4.78, 5) is 8.99. The summed E-state index contributed by atoms with van der Waals surface area (Å²) in [6.07, 6.45) is 0.153. The largest absolute Gasteiger partial charge is 0.388 e. The van der Waals surface area contributed by atoms with Crippen molar-refractivity contribution in [3.05, 3.63) is 73.2 Å². The van der Waals surface area contributed by atoms with Gasteiger partial charge in [0, 0.05) is 17.4 Å². The van der Waals surface area contributed by atoms with Gasteiger partial charge in [0.15, 0.2) is 6.23 Å². The minimum Gasteiger partial charge on any atom is -0.388 e. The predicted octanol–water partition coefficient (Wildman–Crippen LogP) is 3.48. The van der Waals surface area contributed by atoms with Gasteiger partial charge in [0.05, 0.1) is 11.5 Å². The molecule has 30 heavy (non-hydrogen) atoms. The van der Waals surface area contributed by atoms with Crippen molar-refractivity contribution in [1.82, 2.24) is 14.5 Å². The Hall–Kier alpha value is -3.26. The molecule has 0 saturated carbocycles. The minimum absolute atomic E-state index is 0.480. The van der Waals surface area contributed by atoms with Crippen molar-refractivity contribution in [2.45, 2.75) is 31.5 Å². The first-order chi connectivity index (χ1) is 14.6. The van der Waals surface area contributed by atoms with Crippen LogP contribution in [0, 0.1) is 0 Å². The van der Waals surface area contributed by atoms with Crippen molar-refractivity contribution in [3.63, 3.8) is 0 Å². The molecule has 0 bridgehead atoms. The number of nitrogens with one attached hydrogen (secondary N) is 1. The summed E-state index contributed by atoms with van der Waals surface area (Å²) in [5, 5.41) is 25.0. The average Bonchev–Trinajstić information content (AvgIpc) is 3.29.